The molecule has 0 amide bonds. The van der Waals surface area contributed by atoms with Gasteiger partial charge in [0.1, 0.15) is 0 Å². The van der Waals surface area contributed by atoms with Crippen LogP contribution >= 0.6 is 0 Å². The van der Waals surface area contributed by atoms with Crippen molar-refractivity contribution in [3.8, 4) is 0 Å². The van der Waals surface area contributed by atoms with Crippen LogP contribution in [0.2, 0.25) is 13.1 Å². The molecule has 1 aromatic rings. The van der Waals surface area contributed by atoms with Gasteiger partial charge in [-0.2, -0.15) is 0 Å². The molecule has 2 rings (SSSR count). The van der Waals surface area contributed by atoms with Gasteiger partial charge in [-0.25, -0.2) is 0 Å². The molecule has 0 heterocycles. The van der Waals surface area contributed by atoms with Gasteiger partial charge < -0.3 is 0 Å². The van der Waals surface area contributed by atoms with Crippen molar-refractivity contribution in [2.75, 3.05) is 0 Å². The lowest BCUT2D eigenvalue weighted by molar-refractivity contribution is 0.864. The van der Waals surface area contributed by atoms with Gasteiger partial charge in [0, 0.05) is 8.41 Å². The maximum Gasteiger partial charge on any atom is 0.0140 e. The number of allylic oxidation sites excluding steroid dienone is 1. The zero-order valence-corrected chi connectivity index (χ0v) is 11.9. The van der Waals surface area contributed by atoms with Crippen molar-refractivity contribution in [2.24, 2.45) is 0 Å². The number of hydrogen-bond acceptors (Lipinski definition) is 0. The summed E-state index contributed by atoms with van der Waals surface area (Å²) in [6.45, 7) is 11.6. The lowest BCUT2D eigenvalue weighted by atomic mass is 9.94. The number of hydrogen-bond donors (Lipinski definition) is 0. The van der Waals surface area contributed by atoms with Crippen molar-refractivity contribution in [3.63, 3.8) is 0 Å². The molecule has 0 spiro atoms. The molecular weight excluding hydrogens is 208 g/mol. The molecule has 0 atom stereocenters. The van der Waals surface area contributed by atoms with E-state index in [1.807, 2.05) is 0 Å². The SMILES string of the molecule is CC1=Cc2cccc(C(C)C)c2C1=[Si](C)C. The lowest BCUT2D eigenvalue weighted by Gasteiger charge is -2.15. The zero-order chi connectivity index (χ0) is 11.9. The maximum atomic E-state index is 2.39. The van der Waals surface area contributed by atoms with Crippen LogP contribution in [0.25, 0.3) is 6.08 Å². The maximum absolute atomic E-state index is 2.39. The summed E-state index contributed by atoms with van der Waals surface area (Å²) in [5.41, 5.74) is 5.99. The monoisotopic (exact) mass is 228 g/mol. The first-order chi connectivity index (χ1) is 7.52. The third-order valence-electron chi connectivity index (χ3n) is 3.27. The predicted molar refractivity (Wildman–Crippen MR) is 75.8 cm³/mol. The van der Waals surface area contributed by atoms with E-state index in [1.54, 1.807) is 10.7 Å². The Morgan fingerprint density at radius 1 is 1.12 bits per heavy atom. The van der Waals surface area contributed by atoms with Gasteiger partial charge in [-0.05, 0) is 40.3 Å². The van der Waals surface area contributed by atoms with E-state index < -0.39 is 0 Å². The average molecular weight is 228 g/mol. The summed E-state index contributed by atoms with van der Waals surface area (Å²) >= 11 is 0. The van der Waals surface area contributed by atoms with Crippen molar-refractivity contribution in [2.45, 2.75) is 39.8 Å². The van der Waals surface area contributed by atoms with Crippen molar-refractivity contribution in [3.05, 3.63) is 40.5 Å². The second-order valence-corrected chi connectivity index (χ2v) is 7.67. The van der Waals surface area contributed by atoms with Crippen molar-refractivity contribution >= 4 is 19.7 Å². The van der Waals surface area contributed by atoms with Crippen LogP contribution < -0.4 is 0 Å². The molecule has 0 aliphatic heterocycles. The summed E-state index contributed by atoms with van der Waals surface area (Å²) in [7, 11) is -0.379. The molecule has 1 aliphatic rings. The Morgan fingerprint density at radius 2 is 1.81 bits per heavy atom. The minimum Gasteiger partial charge on any atom is -0.0613 e. The second kappa shape index (κ2) is 4.14. The van der Waals surface area contributed by atoms with Crippen LogP contribution in [0.5, 0.6) is 0 Å². The Bertz CT molecular complexity index is 486. The molecule has 0 saturated heterocycles. The summed E-state index contributed by atoms with van der Waals surface area (Å²) < 4.78 is 0. The Labute approximate surface area is 100 Å². The molecule has 0 bridgehead atoms. The molecule has 1 heteroatoms. The quantitative estimate of drug-likeness (QED) is 0.635. The lowest BCUT2D eigenvalue weighted by Crippen LogP contribution is -2.13. The molecule has 1 aromatic carbocycles. The average Bonchev–Trinajstić information content (AvgIpc) is 2.52. The largest absolute Gasteiger partial charge is 0.0613 e. The fourth-order valence-electron chi connectivity index (χ4n) is 2.63. The number of benzene rings is 1. The molecule has 0 fully saturated rings. The van der Waals surface area contributed by atoms with Crippen molar-refractivity contribution in [1.82, 2.24) is 0 Å². The van der Waals surface area contributed by atoms with Gasteiger partial charge in [0.25, 0.3) is 0 Å². The highest BCUT2D eigenvalue weighted by Gasteiger charge is 2.20. The van der Waals surface area contributed by atoms with Crippen LogP contribution in [0.3, 0.4) is 0 Å². The molecule has 16 heavy (non-hydrogen) atoms. The van der Waals surface area contributed by atoms with E-state index in [4.69, 9.17) is 0 Å². The highest BCUT2D eigenvalue weighted by Crippen LogP contribution is 2.31. The highest BCUT2D eigenvalue weighted by atomic mass is 28.2. The van der Waals surface area contributed by atoms with Gasteiger partial charge >= 0.3 is 0 Å². The van der Waals surface area contributed by atoms with Crippen LogP contribution in [-0.2, 0) is 0 Å². The van der Waals surface area contributed by atoms with Gasteiger partial charge in [-0.15, -0.1) is 0 Å². The molecule has 0 N–H and O–H groups in total. The Balaban J connectivity index is 2.73. The first-order valence-electron chi connectivity index (χ1n) is 6.01. The Kier molecular flexibility index (Phi) is 2.98. The Morgan fingerprint density at radius 3 is 2.38 bits per heavy atom. The van der Waals surface area contributed by atoms with E-state index >= 15 is 0 Å². The van der Waals surface area contributed by atoms with E-state index in [9.17, 15) is 0 Å². The summed E-state index contributed by atoms with van der Waals surface area (Å²) in [4.78, 5) is 0. The van der Waals surface area contributed by atoms with Crippen LogP contribution in [0.15, 0.2) is 23.8 Å². The smallest absolute Gasteiger partial charge is 0.0140 e. The summed E-state index contributed by atoms with van der Waals surface area (Å²) in [5, 5.41) is 1.64. The molecule has 84 valence electrons. The molecule has 1 aliphatic carbocycles. The van der Waals surface area contributed by atoms with E-state index in [-0.39, 0.29) is 8.41 Å². The summed E-state index contributed by atoms with van der Waals surface area (Å²) in [6, 6.07) is 6.74. The predicted octanol–water partition coefficient (Wildman–Crippen LogP) is 4.08. The third-order valence-corrected chi connectivity index (χ3v) is 4.91. The van der Waals surface area contributed by atoms with Crippen LogP contribution in [-0.4, -0.2) is 13.6 Å². The summed E-state index contributed by atoms with van der Waals surface area (Å²) in [6.07, 6.45) is 2.36. The molecule has 0 unspecified atom stereocenters. The minimum absolute atomic E-state index is 0.379. The van der Waals surface area contributed by atoms with Gasteiger partial charge in [0.2, 0.25) is 0 Å². The second-order valence-electron chi connectivity index (χ2n) is 5.17. The first kappa shape index (κ1) is 11.5. The zero-order valence-electron chi connectivity index (χ0n) is 10.9. The van der Waals surface area contributed by atoms with Crippen LogP contribution in [0.1, 0.15) is 43.4 Å². The fourth-order valence-corrected chi connectivity index (χ4v) is 4.28. The van der Waals surface area contributed by atoms with Crippen LogP contribution in [0.4, 0.5) is 0 Å². The summed E-state index contributed by atoms with van der Waals surface area (Å²) in [5.74, 6) is 0.616. The van der Waals surface area contributed by atoms with Gasteiger partial charge in [-0.1, -0.05) is 51.2 Å². The van der Waals surface area contributed by atoms with E-state index in [2.05, 4.69) is 58.1 Å². The molecule has 0 saturated carbocycles. The van der Waals surface area contributed by atoms with Crippen molar-refractivity contribution < 1.29 is 0 Å². The number of rotatable bonds is 1. The Hall–Kier alpha value is -0.953. The standard InChI is InChI=1S/C15H20Si/c1-10(2)13-8-6-7-12-9-11(3)15(14(12)13)16(4)5/h6-10H,1-5H3. The topological polar surface area (TPSA) is 0 Å². The third kappa shape index (κ3) is 1.73. The number of fused-ring (bicyclic) bond motifs is 1. The van der Waals surface area contributed by atoms with Crippen LogP contribution in [0, 0.1) is 0 Å². The molecular formula is C15H20Si. The highest BCUT2D eigenvalue weighted by molar-refractivity contribution is 6.75. The molecule has 0 nitrogen and oxygen atoms in total. The molecule has 0 radical (unpaired) electrons. The first-order valence-corrected chi connectivity index (χ1v) is 8.51. The van der Waals surface area contributed by atoms with E-state index in [0.29, 0.717) is 5.92 Å². The fraction of sp³-hybridized carbons (Fsp3) is 0.400. The molecule has 0 aromatic heterocycles. The minimum atomic E-state index is -0.379. The van der Waals surface area contributed by atoms with Gasteiger partial charge in [0.15, 0.2) is 0 Å². The van der Waals surface area contributed by atoms with Gasteiger partial charge in [0.05, 0.1) is 0 Å². The van der Waals surface area contributed by atoms with Crippen molar-refractivity contribution in [1.29, 1.82) is 0 Å². The van der Waals surface area contributed by atoms with E-state index in [1.165, 1.54) is 16.7 Å². The van der Waals surface area contributed by atoms with Gasteiger partial charge in [-0.3, -0.25) is 0 Å². The normalized spacial score (nSPS) is 14.1. The van der Waals surface area contributed by atoms with E-state index in [0.717, 1.165) is 0 Å².